The number of carbonyl (C=O) groups is 1. The molecule has 0 aliphatic carbocycles. The molecule has 1 heterocycles. The molecule has 1 aliphatic heterocycles. The molecule has 0 aromatic heterocycles. The minimum absolute atomic E-state index is 0.161. The normalized spacial score (nSPS) is 21.4. The molecule has 2 atom stereocenters. The molecule has 0 spiro atoms. The standard InChI is InChI=1S/C14H18O3/c1-10-2-4-11(5-3-10)8-13(14(15)16)12-6-7-17-9-12/h2-5,12-13H,6-9H2,1H3,(H,15,16). The van der Waals surface area contributed by atoms with Gasteiger partial charge in [0.05, 0.1) is 12.5 Å². The van der Waals surface area contributed by atoms with Crippen molar-refractivity contribution in [3.8, 4) is 0 Å². The molecule has 1 aliphatic rings. The molecule has 2 unspecified atom stereocenters. The molecule has 1 aromatic rings. The topological polar surface area (TPSA) is 46.5 Å². The van der Waals surface area contributed by atoms with Crippen LogP contribution in [0.3, 0.4) is 0 Å². The summed E-state index contributed by atoms with van der Waals surface area (Å²) in [4.78, 5) is 11.3. The van der Waals surface area contributed by atoms with E-state index in [2.05, 4.69) is 0 Å². The Kier molecular flexibility index (Phi) is 3.79. The highest BCUT2D eigenvalue weighted by Crippen LogP contribution is 2.25. The predicted molar refractivity (Wildman–Crippen MR) is 64.9 cm³/mol. The third kappa shape index (κ3) is 3.07. The van der Waals surface area contributed by atoms with Gasteiger partial charge in [-0.15, -0.1) is 0 Å². The Balaban J connectivity index is 2.06. The zero-order valence-corrected chi connectivity index (χ0v) is 10.1. The van der Waals surface area contributed by atoms with Crippen LogP contribution in [0.25, 0.3) is 0 Å². The Hall–Kier alpha value is -1.35. The Labute approximate surface area is 101 Å². The van der Waals surface area contributed by atoms with Gasteiger partial charge in [0.25, 0.3) is 0 Å². The van der Waals surface area contributed by atoms with E-state index in [1.807, 2.05) is 31.2 Å². The van der Waals surface area contributed by atoms with Crippen LogP contribution in [0.5, 0.6) is 0 Å². The van der Waals surface area contributed by atoms with Crippen molar-refractivity contribution >= 4 is 5.97 Å². The fraction of sp³-hybridized carbons (Fsp3) is 0.500. The first-order valence-corrected chi connectivity index (χ1v) is 6.03. The van der Waals surface area contributed by atoms with Crippen LogP contribution >= 0.6 is 0 Å². The maximum atomic E-state index is 11.3. The zero-order chi connectivity index (χ0) is 12.3. The summed E-state index contributed by atoms with van der Waals surface area (Å²) >= 11 is 0. The quantitative estimate of drug-likeness (QED) is 0.869. The van der Waals surface area contributed by atoms with Crippen LogP contribution in [0.2, 0.25) is 0 Å². The van der Waals surface area contributed by atoms with Gasteiger partial charge in [0.2, 0.25) is 0 Å². The van der Waals surface area contributed by atoms with Crippen molar-refractivity contribution < 1.29 is 14.6 Å². The second-order valence-electron chi connectivity index (χ2n) is 4.76. The molecule has 3 nitrogen and oxygen atoms in total. The number of aryl methyl sites for hydroxylation is 1. The van der Waals surface area contributed by atoms with E-state index in [1.165, 1.54) is 5.56 Å². The molecule has 1 saturated heterocycles. The Bertz CT molecular complexity index is 377. The average Bonchev–Trinajstić information content (AvgIpc) is 2.81. The highest BCUT2D eigenvalue weighted by Gasteiger charge is 2.31. The second kappa shape index (κ2) is 5.32. The largest absolute Gasteiger partial charge is 0.481 e. The van der Waals surface area contributed by atoms with Gasteiger partial charge in [-0.3, -0.25) is 4.79 Å². The van der Waals surface area contributed by atoms with Gasteiger partial charge in [-0.25, -0.2) is 0 Å². The highest BCUT2D eigenvalue weighted by molar-refractivity contribution is 5.70. The van der Waals surface area contributed by atoms with Crippen molar-refractivity contribution in [2.45, 2.75) is 19.8 Å². The fourth-order valence-corrected chi connectivity index (χ4v) is 2.30. The van der Waals surface area contributed by atoms with Gasteiger partial charge in [0.1, 0.15) is 0 Å². The van der Waals surface area contributed by atoms with Gasteiger partial charge < -0.3 is 9.84 Å². The number of rotatable bonds is 4. The molecular formula is C14H18O3. The van der Waals surface area contributed by atoms with Crippen molar-refractivity contribution in [1.29, 1.82) is 0 Å². The maximum absolute atomic E-state index is 11.3. The molecule has 0 amide bonds. The molecule has 1 aromatic carbocycles. The molecule has 0 saturated carbocycles. The Morgan fingerprint density at radius 3 is 2.71 bits per heavy atom. The molecule has 92 valence electrons. The van der Waals surface area contributed by atoms with Crippen LogP contribution < -0.4 is 0 Å². The summed E-state index contributed by atoms with van der Waals surface area (Å²) in [5.41, 5.74) is 2.29. The lowest BCUT2D eigenvalue weighted by Gasteiger charge is -2.18. The van der Waals surface area contributed by atoms with Crippen LogP contribution in [0.4, 0.5) is 0 Å². The summed E-state index contributed by atoms with van der Waals surface area (Å²) in [5.74, 6) is -0.866. The van der Waals surface area contributed by atoms with E-state index in [1.54, 1.807) is 0 Å². The molecule has 0 radical (unpaired) electrons. The van der Waals surface area contributed by atoms with Crippen LogP contribution in [-0.4, -0.2) is 24.3 Å². The second-order valence-corrected chi connectivity index (χ2v) is 4.76. The van der Waals surface area contributed by atoms with Gasteiger partial charge >= 0.3 is 5.97 Å². The van der Waals surface area contributed by atoms with E-state index in [0.717, 1.165) is 12.0 Å². The van der Waals surface area contributed by atoms with E-state index >= 15 is 0 Å². The summed E-state index contributed by atoms with van der Waals surface area (Å²) in [6.07, 6.45) is 1.46. The molecule has 3 heteroatoms. The highest BCUT2D eigenvalue weighted by atomic mass is 16.5. The smallest absolute Gasteiger partial charge is 0.307 e. The molecule has 1 fully saturated rings. The number of ether oxygens (including phenoxy) is 1. The molecule has 1 N–H and O–H groups in total. The molecule has 0 bridgehead atoms. The van der Waals surface area contributed by atoms with Crippen molar-refractivity contribution in [3.63, 3.8) is 0 Å². The minimum atomic E-state index is -0.707. The van der Waals surface area contributed by atoms with E-state index in [4.69, 9.17) is 4.74 Å². The first kappa shape index (κ1) is 12.1. The van der Waals surface area contributed by atoms with Crippen molar-refractivity contribution in [3.05, 3.63) is 35.4 Å². The summed E-state index contributed by atoms with van der Waals surface area (Å²) in [7, 11) is 0. The minimum Gasteiger partial charge on any atom is -0.481 e. The summed E-state index contributed by atoms with van der Waals surface area (Å²) in [6, 6.07) is 8.08. The van der Waals surface area contributed by atoms with Gasteiger partial charge in [0.15, 0.2) is 0 Å². The van der Waals surface area contributed by atoms with E-state index < -0.39 is 5.97 Å². The number of hydrogen-bond acceptors (Lipinski definition) is 2. The van der Waals surface area contributed by atoms with E-state index in [-0.39, 0.29) is 11.8 Å². The SMILES string of the molecule is Cc1ccc(CC(C(=O)O)C2CCOC2)cc1. The lowest BCUT2D eigenvalue weighted by Crippen LogP contribution is -2.26. The first-order chi connectivity index (χ1) is 8.16. The monoisotopic (exact) mass is 234 g/mol. The van der Waals surface area contributed by atoms with Crippen molar-refractivity contribution in [2.24, 2.45) is 11.8 Å². The van der Waals surface area contributed by atoms with Crippen LogP contribution in [0.1, 0.15) is 17.5 Å². The van der Waals surface area contributed by atoms with Gasteiger partial charge in [-0.05, 0) is 31.2 Å². The fourth-order valence-electron chi connectivity index (χ4n) is 2.30. The van der Waals surface area contributed by atoms with Crippen molar-refractivity contribution in [2.75, 3.05) is 13.2 Å². The summed E-state index contributed by atoms with van der Waals surface area (Å²) < 4.78 is 5.28. The summed E-state index contributed by atoms with van der Waals surface area (Å²) in [5, 5.41) is 9.29. The number of carboxylic acids is 1. The van der Waals surface area contributed by atoms with E-state index in [0.29, 0.717) is 19.6 Å². The van der Waals surface area contributed by atoms with E-state index in [9.17, 15) is 9.90 Å². The number of aliphatic carboxylic acids is 1. The van der Waals surface area contributed by atoms with Crippen molar-refractivity contribution in [1.82, 2.24) is 0 Å². The number of carboxylic acid groups (broad SMARTS) is 1. The third-order valence-corrected chi connectivity index (χ3v) is 3.43. The summed E-state index contributed by atoms with van der Waals surface area (Å²) in [6.45, 7) is 3.31. The van der Waals surface area contributed by atoms with Gasteiger partial charge in [-0.1, -0.05) is 29.8 Å². The average molecular weight is 234 g/mol. The maximum Gasteiger partial charge on any atom is 0.307 e. The van der Waals surface area contributed by atoms with Gasteiger partial charge in [0, 0.05) is 6.61 Å². The number of benzene rings is 1. The third-order valence-electron chi connectivity index (χ3n) is 3.43. The lowest BCUT2D eigenvalue weighted by molar-refractivity contribution is -0.143. The van der Waals surface area contributed by atoms with Crippen LogP contribution in [0.15, 0.2) is 24.3 Å². The Morgan fingerprint density at radius 2 is 2.18 bits per heavy atom. The van der Waals surface area contributed by atoms with Crippen LogP contribution in [-0.2, 0) is 16.0 Å². The predicted octanol–water partition coefficient (Wildman–Crippen LogP) is 2.27. The van der Waals surface area contributed by atoms with Gasteiger partial charge in [-0.2, -0.15) is 0 Å². The molecular weight excluding hydrogens is 216 g/mol. The molecule has 17 heavy (non-hydrogen) atoms. The van der Waals surface area contributed by atoms with Crippen LogP contribution in [0, 0.1) is 18.8 Å². The zero-order valence-electron chi connectivity index (χ0n) is 10.1. The lowest BCUT2D eigenvalue weighted by atomic mass is 9.86. The number of hydrogen-bond donors (Lipinski definition) is 1. The Morgan fingerprint density at radius 1 is 1.47 bits per heavy atom. The first-order valence-electron chi connectivity index (χ1n) is 6.03. The molecule has 2 rings (SSSR count).